The first-order valence-corrected chi connectivity index (χ1v) is 8.01. The van der Waals surface area contributed by atoms with Gasteiger partial charge in [0, 0.05) is 17.7 Å². The number of carbonyl (C=O) groups is 1. The number of nitrogens with zero attached hydrogens (tertiary/aromatic N) is 2. The van der Waals surface area contributed by atoms with E-state index in [0.29, 0.717) is 0 Å². The minimum absolute atomic E-state index is 0.241. The molecule has 3 rings (SSSR count). The summed E-state index contributed by atoms with van der Waals surface area (Å²) in [5, 5.41) is 41.0. The Morgan fingerprint density at radius 3 is 2.71 bits per heavy atom. The van der Waals surface area contributed by atoms with Gasteiger partial charge in [-0.25, -0.2) is 0 Å². The molecule has 0 spiro atoms. The number of aromatic nitrogens is 1. The molecule has 2 fully saturated rings. The van der Waals surface area contributed by atoms with Crippen LogP contribution in [0.2, 0.25) is 0 Å². The lowest BCUT2D eigenvalue weighted by Gasteiger charge is -2.37. The van der Waals surface area contributed by atoms with Crippen molar-refractivity contribution in [1.82, 2.24) is 4.90 Å². The smallest absolute Gasteiger partial charge is 0.292 e. The molecule has 3 N–H and O–H groups in total. The van der Waals surface area contributed by atoms with Crippen LogP contribution in [0.15, 0.2) is 24.5 Å². The maximum Gasteiger partial charge on any atom is 0.292 e. The number of aliphatic hydroxyl groups is 3. The highest BCUT2D eigenvalue weighted by molar-refractivity contribution is 5.71. The van der Waals surface area contributed by atoms with Gasteiger partial charge < -0.3 is 30.0 Å². The molecule has 2 saturated heterocycles. The van der Waals surface area contributed by atoms with E-state index in [1.165, 1.54) is 4.57 Å². The molecule has 0 aromatic carbocycles. The Bertz CT molecular complexity index is 612. The van der Waals surface area contributed by atoms with Gasteiger partial charge in [0.1, 0.15) is 18.3 Å². The quantitative estimate of drug-likeness (QED) is 0.520. The Morgan fingerprint density at radius 2 is 2.08 bits per heavy atom. The summed E-state index contributed by atoms with van der Waals surface area (Å²) in [5.41, 5.74) is 1.01. The monoisotopic (exact) mass is 338 g/mol. The molecule has 8 heteroatoms. The highest BCUT2D eigenvalue weighted by atomic mass is 16.6. The van der Waals surface area contributed by atoms with E-state index >= 15 is 0 Å². The van der Waals surface area contributed by atoms with E-state index in [1.54, 1.807) is 18.5 Å². The van der Waals surface area contributed by atoms with Gasteiger partial charge in [0.2, 0.25) is 0 Å². The zero-order valence-corrected chi connectivity index (χ0v) is 13.4. The fraction of sp³-hybridized carbons (Fsp3) is 0.625. The SMILES string of the molecule is CN1CCC[C@H]1c1ccc[n+]([C@@H]2O[C@H](C(=O)[O-])[C@@H](O)[C@H](O)[C@H]2O)c1. The Balaban J connectivity index is 1.88. The van der Waals surface area contributed by atoms with E-state index in [1.807, 2.05) is 13.1 Å². The van der Waals surface area contributed by atoms with Crippen LogP contribution in [-0.2, 0) is 9.53 Å². The van der Waals surface area contributed by atoms with E-state index in [2.05, 4.69) is 4.90 Å². The Kier molecular flexibility index (Phi) is 4.84. The fourth-order valence-electron chi connectivity index (χ4n) is 3.50. The predicted octanol–water partition coefficient (Wildman–Crippen LogP) is -2.53. The lowest BCUT2D eigenvalue weighted by molar-refractivity contribution is -0.777. The molecular weight excluding hydrogens is 316 g/mol. The van der Waals surface area contributed by atoms with Gasteiger partial charge in [-0.3, -0.25) is 4.90 Å². The summed E-state index contributed by atoms with van der Waals surface area (Å²) in [4.78, 5) is 13.3. The molecule has 6 atom stereocenters. The second kappa shape index (κ2) is 6.73. The Labute approximate surface area is 139 Å². The zero-order chi connectivity index (χ0) is 17.4. The van der Waals surface area contributed by atoms with Crippen molar-refractivity contribution < 1.29 is 34.5 Å². The summed E-state index contributed by atoms with van der Waals surface area (Å²) in [7, 11) is 2.03. The molecule has 0 saturated carbocycles. The van der Waals surface area contributed by atoms with E-state index in [4.69, 9.17) is 4.74 Å². The molecular formula is C16H22N2O6. The van der Waals surface area contributed by atoms with Crippen LogP contribution < -0.4 is 9.67 Å². The van der Waals surface area contributed by atoms with Gasteiger partial charge in [-0.05, 0) is 32.5 Å². The molecule has 24 heavy (non-hydrogen) atoms. The zero-order valence-electron chi connectivity index (χ0n) is 13.4. The first kappa shape index (κ1) is 17.2. The number of carbonyl (C=O) groups excluding carboxylic acids is 1. The van der Waals surface area contributed by atoms with Crippen LogP contribution in [0, 0.1) is 0 Å². The second-order valence-corrected chi connectivity index (χ2v) is 6.46. The third-order valence-electron chi connectivity index (χ3n) is 4.86. The largest absolute Gasteiger partial charge is 0.547 e. The molecule has 0 aliphatic carbocycles. The van der Waals surface area contributed by atoms with Crippen molar-refractivity contribution in [2.75, 3.05) is 13.6 Å². The van der Waals surface area contributed by atoms with E-state index in [9.17, 15) is 25.2 Å². The minimum Gasteiger partial charge on any atom is -0.547 e. The van der Waals surface area contributed by atoms with Crippen molar-refractivity contribution in [2.24, 2.45) is 0 Å². The van der Waals surface area contributed by atoms with E-state index in [-0.39, 0.29) is 6.04 Å². The van der Waals surface area contributed by atoms with Crippen LogP contribution in [0.4, 0.5) is 0 Å². The van der Waals surface area contributed by atoms with Gasteiger partial charge in [0.25, 0.3) is 6.23 Å². The molecule has 1 aromatic heterocycles. The van der Waals surface area contributed by atoms with E-state index in [0.717, 1.165) is 24.9 Å². The van der Waals surface area contributed by atoms with Crippen molar-refractivity contribution in [2.45, 2.75) is 49.5 Å². The van der Waals surface area contributed by atoms with Crippen molar-refractivity contribution in [3.63, 3.8) is 0 Å². The molecule has 0 radical (unpaired) electrons. The molecule has 132 valence electrons. The maximum absolute atomic E-state index is 11.1. The molecule has 2 aliphatic heterocycles. The molecule has 0 bridgehead atoms. The second-order valence-electron chi connectivity index (χ2n) is 6.46. The number of hydrogen-bond donors (Lipinski definition) is 3. The standard InChI is InChI=1S/C16H22N2O6/c1-17-6-3-5-10(17)9-4-2-7-18(8-9)15-13(21)11(19)12(20)14(24-15)16(22)23/h2,4,7-8,10-15,19-21H,3,5-6H2,1H3/t10-,11-,12-,13+,14-,15+/m0/s1. The predicted molar refractivity (Wildman–Crippen MR) is 78.2 cm³/mol. The summed E-state index contributed by atoms with van der Waals surface area (Å²) in [5.74, 6) is -1.63. The summed E-state index contributed by atoms with van der Waals surface area (Å²) in [6.45, 7) is 1.000. The fourth-order valence-corrected chi connectivity index (χ4v) is 3.50. The molecule has 0 unspecified atom stereocenters. The first-order chi connectivity index (χ1) is 11.4. The highest BCUT2D eigenvalue weighted by Crippen LogP contribution is 2.30. The Morgan fingerprint density at radius 1 is 1.33 bits per heavy atom. The summed E-state index contributed by atoms with van der Waals surface area (Å²) in [6, 6.07) is 3.98. The molecule has 8 nitrogen and oxygen atoms in total. The maximum atomic E-state index is 11.1. The number of hydrogen-bond acceptors (Lipinski definition) is 7. The number of aliphatic carboxylic acids is 1. The van der Waals surface area contributed by atoms with Gasteiger partial charge in [-0.1, -0.05) is 0 Å². The number of aliphatic hydroxyl groups excluding tert-OH is 3. The molecule has 3 heterocycles. The van der Waals surface area contributed by atoms with Gasteiger partial charge in [-0.15, -0.1) is 0 Å². The lowest BCUT2D eigenvalue weighted by atomic mass is 9.97. The number of likely N-dealkylation sites (tertiary alicyclic amines) is 1. The lowest BCUT2D eigenvalue weighted by Crippen LogP contribution is -2.65. The van der Waals surface area contributed by atoms with Crippen LogP contribution in [0.3, 0.4) is 0 Å². The average Bonchev–Trinajstić information content (AvgIpc) is 2.99. The highest BCUT2D eigenvalue weighted by Gasteiger charge is 2.48. The van der Waals surface area contributed by atoms with Gasteiger partial charge in [0.15, 0.2) is 18.5 Å². The minimum atomic E-state index is -1.74. The number of carboxylic acids is 1. The average molecular weight is 338 g/mol. The first-order valence-electron chi connectivity index (χ1n) is 8.01. The third-order valence-corrected chi connectivity index (χ3v) is 4.86. The van der Waals surface area contributed by atoms with Gasteiger partial charge in [-0.2, -0.15) is 4.57 Å². The number of ether oxygens (including phenoxy) is 1. The third kappa shape index (κ3) is 3.03. The van der Waals surface area contributed by atoms with Crippen molar-refractivity contribution >= 4 is 5.97 Å². The summed E-state index contributed by atoms with van der Waals surface area (Å²) < 4.78 is 6.83. The van der Waals surface area contributed by atoms with Crippen LogP contribution in [-0.4, -0.2) is 64.2 Å². The summed E-state index contributed by atoms with van der Waals surface area (Å²) >= 11 is 0. The van der Waals surface area contributed by atoms with Crippen LogP contribution >= 0.6 is 0 Å². The van der Waals surface area contributed by atoms with Crippen LogP contribution in [0.1, 0.15) is 30.7 Å². The van der Waals surface area contributed by atoms with Crippen LogP contribution in [0.25, 0.3) is 0 Å². The van der Waals surface area contributed by atoms with Gasteiger partial charge >= 0.3 is 0 Å². The van der Waals surface area contributed by atoms with Gasteiger partial charge in [0.05, 0.1) is 5.97 Å². The summed E-state index contributed by atoms with van der Waals surface area (Å²) in [6.07, 6.45) is -2.18. The van der Waals surface area contributed by atoms with Crippen molar-refractivity contribution in [3.05, 3.63) is 30.1 Å². The van der Waals surface area contributed by atoms with Crippen LogP contribution in [0.5, 0.6) is 0 Å². The van der Waals surface area contributed by atoms with Crippen molar-refractivity contribution in [1.29, 1.82) is 0 Å². The Hall–Kier alpha value is -1.58. The number of carboxylic acid groups (broad SMARTS) is 1. The van der Waals surface area contributed by atoms with Crippen molar-refractivity contribution in [3.8, 4) is 0 Å². The molecule has 1 aromatic rings. The topological polar surface area (TPSA) is 117 Å². The normalized spacial score (nSPS) is 37.5. The number of rotatable bonds is 3. The number of pyridine rings is 1. The molecule has 0 amide bonds. The molecule has 2 aliphatic rings. The van der Waals surface area contributed by atoms with E-state index < -0.39 is 36.6 Å².